The van der Waals surface area contributed by atoms with Crippen LogP contribution in [0.4, 0.5) is 5.69 Å². The van der Waals surface area contributed by atoms with Crippen molar-refractivity contribution >= 4 is 27.9 Å². The van der Waals surface area contributed by atoms with E-state index < -0.39 is 0 Å². The number of ether oxygens (including phenoxy) is 1. The molecule has 5 heteroatoms. The van der Waals surface area contributed by atoms with Crippen molar-refractivity contribution < 1.29 is 9.02 Å². The Balaban J connectivity index is 0. The average molecular weight is 448 g/mol. The highest BCUT2D eigenvalue weighted by Gasteiger charge is 2.12. The molecule has 1 aromatic carbocycles. The van der Waals surface area contributed by atoms with E-state index in [1.54, 1.807) is 11.3 Å². The Labute approximate surface area is 196 Å². The first-order valence-electron chi connectivity index (χ1n) is 11.2. The molecule has 2 heterocycles. The highest BCUT2D eigenvalue weighted by Crippen LogP contribution is 2.33. The van der Waals surface area contributed by atoms with Crippen LogP contribution in [0.1, 0.15) is 68.5 Å². The second kappa shape index (κ2) is 11.5. The summed E-state index contributed by atoms with van der Waals surface area (Å²) in [4.78, 5) is 9.34. The Kier molecular flexibility index (Phi) is 9.32. The number of benzene rings is 1. The topological polar surface area (TPSA) is 49.9 Å². The Bertz CT molecular complexity index is 1040. The number of aryl methyl sites for hydroxylation is 3. The maximum atomic E-state index is 5.83. The molecule has 4 nitrogen and oxygen atoms in total. The van der Waals surface area contributed by atoms with E-state index in [2.05, 4.69) is 95.8 Å². The molecule has 0 radical (unpaired) electrons. The normalized spacial score (nSPS) is 12.1. The molecule has 2 aromatic heterocycles. The lowest BCUT2D eigenvalue weighted by Gasteiger charge is -2.13. The van der Waals surface area contributed by atoms with Crippen LogP contribution < -0.4 is 5.32 Å². The van der Waals surface area contributed by atoms with Gasteiger partial charge in [0.2, 0.25) is 0 Å². The van der Waals surface area contributed by atoms with Gasteiger partial charge in [0.25, 0.3) is 0 Å². The van der Waals surface area contributed by atoms with Crippen molar-refractivity contribution in [2.75, 3.05) is 18.7 Å². The minimum atomic E-state index is 0. The van der Waals surface area contributed by atoms with E-state index in [0.29, 0.717) is 19.3 Å². The number of anilines is 1. The maximum Gasteiger partial charge on any atom is 0.116 e. The van der Waals surface area contributed by atoms with Crippen LogP contribution in [0.5, 0.6) is 0 Å². The van der Waals surface area contributed by atoms with Gasteiger partial charge in [-0.1, -0.05) is 39.7 Å². The van der Waals surface area contributed by atoms with E-state index in [-0.39, 0.29) is 4.28 Å². The molecule has 0 fully saturated rings. The largest absolute Gasteiger partial charge is 0.363 e. The van der Waals surface area contributed by atoms with Crippen molar-refractivity contribution in [1.29, 1.82) is 0 Å². The van der Waals surface area contributed by atoms with Crippen molar-refractivity contribution in [2.24, 2.45) is 5.92 Å². The van der Waals surface area contributed by atoms with Gasteiger partial charge < -0.3 is 15.0 Å². The summed E-state index contributed by atoms with van der Waals surface area (Å²) < 4.78 is 5.83. The van der Waals surface area contributed by atoms with Crippen molar-refractivity contribution in [2.45, 2.75) is 68.7 Å². The monoisotopic (exact) mass is 447 g/mol. The summed E-state index contributed by atoms with van der Waals surface area (Å²) >= 11 is 1.73. The summed E-state index contributed by atoms with van der Waals surface area (Å²) in [5.41, 5.74) is 8.42. The fourth-order valence-electron chi connectivity index (χ4n) is 3.38. The molecule has 2 N–H and O–H groups in total. The Morgan fingerprint density at radius 2 is 1.84 bits per heavy atom. The van der Waals surface area contributed by atoms with Gasteiger partial charge in [0.1, 0.15) is 6.73 Å². The number of nitrogens with one attached hydrogen (secondary N) is 2. The van der Waals surface area contributed by atoms with Crippen molar-refractivity contribution in [3.8, 4) is 10.6 Å². The van der Waals surface area contributed by atoms with Crippen LogP contribution in [0.2, 0.25) is 0 Å². The van der Waals surface area contributed by atoms with Crippen LogP contribution in [0.15, 0.2) is 29.3 Å². The number of allylic oxidation sites excluding steroid dienone is 1. The number of fused-ring (bicyclic) bond motifs is 1. The van der Waals surface area contributed by atoms with Gasteiger partial charge in [-0.25, -0.2) is 4.98 Å². The van der Waals surface area contributed by atoms with Crippen LogP contribution in [-0.2, 0) is 4.74 Å². The predicted molar refractivity (Wildman–Crippen MR) is 144 cm³/mol. The number of hydrogen-bond acceptors (Lipinski definition) is 4. The van der Waals surface area contributed by atoms with Gasteiger partial charge in [0, 0.05) is 20.9 Å². The molecule has 3 rings (SSSR count). The Morgan fingerprint density at radius 1 is 1.16 bits per heavy atom. The van der Waals surface area contributed by atoms with Gasteiger partial charge in [-0.15, -0.1) is 11.3 Å². The molecule has 3 aromatic rings. The van der Waals surface area contributed by atoms with Crippen molar-refractivity contribution in [3.63, 3.8) is 0 Å². The van der Waals surface area contributed by atoms with Gasteiger partial charge in [-0.3, -0.25) is 0 Å². The Hall–Kier alpha value is -2.11. The van der Waals surface area contributed by atoms with Crippen LogP contribution in [0.25, 0.3) is 21.5 Å². The molecule has 0 amide bonds. The fraction of sp³-hybridized carbons (Fsp3) is 0.500. The van der Waals surface area contributed by atoms with Crippen LogP contribution in [0.3, 0.4) is 0 Å². The highest BCUT2D eigenvalue weighted by molar-refractivity contribution is 7.15. The van der Waals surface area contributed by atoms with E-state index in [9.17, 15) is 0 Å². The zero-order chi connectivity index (χ0) is 23.1. The maximum absolute atomic E-state index is 5.83. The first kappa shape index (κ1) is 25.2. The summed E-state index contributed by atoms with van der Waals surface area (Å²) in [5, 5.41) is 5.70. The van der Waals surface area contributed by atoms with E-state index in [1.165, 1.54) is 38.9 Å². The van der Waals surface area contributed by atoms with Crippen molar-refractivity contribution in [1.82, 2.24) is 9.97 Å². The van der Waals surface area contributed by atoms with Gasteiger partial charge >= 0.3 is 0 Å². The lowest BCUT2D eigenvalue weighted by molar-refractivity contribution is 0.175. The predicted octanol–water partition coefficient (Wildman–Crippen LogP) is 8.75. The molecule has 0 aliphatic carbocycles. The summed E-state index contributed by atoms with van der Waals surface area (Å²) in [7, 11) is 0. The van der Waals surface area contributed by atoms with Gasteiger partial charge in [0.15, 0.2) is 0 Å². The molecule has 0 saturated heterocycles. The summed E-state index contributed by atoms with van der Waals surface area (Å²) in [6.07, 6.45) is 1.25. The number of thiazole rings is 1. The number of aromatic amines is 1. The number of rotatable bonds is 7. The third-order valence-electron chi connectivity index (χ3n) is 5.31. The Morgan fingerprint density at radius 3 is 2.42 bits per heavy atom. The fourth-order valence-corrected chi connectivity index (χ4v) is 4.27. The number of hydrogen-bond donors (Lipinski definition) is 2. The van der Waals surface area contributed by atoms with E-state index in [0.717, 1.165) is 22.1 Å². The third-order valence-corrected chi connectivity index (χ3v) is 6.42. The van der Waals surface area contributed by atoms with Crippen LogP contribution >= 0.6 is 11.3 Å². The van der Waals surface area contributed by atoms with Gasteiger partial charge in [0.05, 0.1) is 27.9 Å². The van der Waals surface area contributed by atoms with Gasteiger partial charge in [-0.2, -0.15) is 0 Å². The third kappa shape index (κ3) is 6.68. The van der Waals surface area contributed by atoms with Crippen LogP contribution in [0, 0.1) is 26.7 Å². The molecule has 0 atom stereocenters. The molecule has 0 aliphatic rings. The average Bonchev–Trinajstić information content (AvgIpc) is 3.27. The smallest absolute Gasteiger partial charge is 0.116 e. The lowest BCUT2D eigenvalue weighted by atomic mass is 10.0. The SMILES string of the molecule is C/C(COCNc1cc(C)c2[nH]c(-c3sc(C)nc3C)cc2c1)=C(/C)C(C)C.CCC.[HH].[HH].[HH]. The summed E-state index contributed by atoms with van der Waals surface area (Å²) in [6, 6.07) is 6.56. The second-order valence-corrected chi connectivity index (χ2v) is 9.79. The van der Waals surface area contributed by atoms with Crippen molar-refractivity contribution in [3.05, 3.63) is 45.6 Å². The minimum Gasteiger partial charge on any atom is -0.363 e. The first-order chi connectivity index (χ1) is 14.7. The molecule has 0 spiro atoms. The quantitative estimate of drug-likeness (QED) is 0.216. The summed E-state index contributed by atoms with van der Waals surface area (Å²) in [5.74, 6) is 0.565. The second-order valence-electron chi connectivity index (χ2n) is 8.58. The highest BCUT2D eigenvalue weighted by atomic mass is 32.1. The molecule has 0 saturated carbocycles. The lowest BCUT2D eigenvalue weighted by Crippen LogP contribution is -2.09. The molecule has 0 aliphatic heterocycles. The molecule has 0 bridgehead atoms. The molecule has 31 heavy (non-hydrogen) atoms. The molecule has 176 valence electrons. The zero-order valence-electron chi connectivity index (χ0n) is 20.7. The van der Waals surface area contributed by atoms with Crippen LogP contribution in [-0.4, -0.2) is 23.3 Å². The van der Waals surface area contributed by atoms with E-state index in [4.69, 9.17) is 4.74 Å². The minimum absolute atomic E-state index is 0. The first-order valence-corrected chi connectivity index (χ1v) is 12.0. The zero-order valence-corrected chi connectivity index (χ0v) is 21.5. The molecule has 0 unspecified atom stereocenters. The number of nitrogens with zero attached hydrogens (tertiary/aromatic N) is 1. The number of H-pyrrole nitrogens is 1. The van der Waals surface area contributed by atoms with E-state index >= 15 is 0 Å². The summed E-state index contributed by atoms with van der Waals surface area (Å²) in [6.45, 7) is 20.4. The molecular weight excluding hydrogens is 402 g/mol. The standard InChI is InChI=1S/C23H31N3OS.C3H8.3H2/c1-13(2)16(5)15(4)11-27-12-24-20-8-14(3)22-19(9-20)10-21(26-22)23-17(6)25-18(7)28-23;1-3-2;;;/h8-10,13,24,26H,11-12H2,1-7H3;3H2,1-2H3;3*1H/b16-15+;;;;. The molecular formula is C26H45N3OS. The van der Waals surface area contributed by atoms with Gasteiger partial charge in [-0.05, 0) is 69.9 Å². The van der Waals surface area contributed by atoms with E-state index in [1.807, 2.05) is 0 Å². The number of aromatic nitrogens is 2.